The molecule has 0 N–H and O–H groups in total. The fraction of sp³-hybridized carbons (Fsp3) is 0.667. The molecule has 0 aromatic heterocycles. The normalized spacial score (nSPS) is 13.5. The van der Waals surface area contributed by atoms with Crippen LogP contribution in [0.3, 0.4) is 0 Å². The third-order valence-corrected chi connectivity index (χ3v) is 2.94. The van der Waals surface area contributed by atoms with Gasteiger partial charge in [-0.3, -0.25) is 0 Å². The number of alkyl halides is 1. The fourth-order valence-corrected chi connectivity index (χ4v) is 1.43. The highest BCUT2D eigenvalue weighted by Gasteiger charge is 1.97. The Bertz CT molecular complexity index is 101. The zero-order valence-electron chi connectivity index (χ0n) is 5.96. The van der Waals surface area contributed by atoms with Gasteiger partial charge in [0.1, 0.15) is 0 Å². The molecule has 0 fully saturated rings. The van der Waals surface area contributed by atoms with Crippen molar-refractivity contribution in [3.8, 4) is 0 Å². The Morgan fingerprint density at radius 2 is 1.75 bits per heavy atom. The summed E-state index contributed by atoms with van der Waals surface area (Å²) in [6, 6.07) is 0. The minimum absolute atomic E-state index is 0.674. The summed E-state index contributed by atoms with van der Waals surface area (Å²) in [6.07, 6.45) is 0. The predicted molar refractivity (Wildman–Crippen MR) is 46.7 cm³/mol. The van der Waals surface area contributed by atoms with E-state index in [2.05, 4.69) is 36.7 Å². The van der Waals surface area contributed by atoms with Crippen molar-refractivity contribution in [1.29, 1.82) is 0 Å². The first kappa shape index (κ1) is 8.44. The molecule has 0 rings (SSSR count). The van der Waals surface area contributed by atoms with Crippen LogP contribution in [-0.2, 0) is 0 Å². The van der Waals surface area contributed by atoms with Crippen LogP contribution in [-0.4, -0.2) is 14.7 Å². The number of halogens is 1. The summed E-state index contributed by atoms with van der Waals surface area (Å²) in [4.78, 5) is 0. The standard InChI is InChI=1S/C6H13BrSi/c1-4(2)5(3)6(7)8/h6H,1-3,8H3. The molecule has 0 aliphatic rings. The Labute approximate surface area is 62.9 Å². The van der Waals surface area contributed by atoms with Crippen LogP contribution in [0.25, 0.3) is 0 Å². The zero-order chi connectivity index (χ0) is 6.73. The SMILES string of the molecule is CC(C)=C(C)C([SiH3])Br. The molecule has 0 saturated heterocycles. The van der Waals surface area contributed by atoms with E-state index in [9.17, 15) is 0 Å². The smallest absolute Gasteiger partial charge is 0.0253 e. The van der Waals surface area contributed by atoms with Gasteiger partial charge in [0.15, 0.2) is 0 Å². The zero-order valence-corrected chi connectivity index (χ0v) is 9.54. The van der Waals surface area contributed by atoms with E-state index >= 15 is 0 Å². The molecule has 0 heterocycles. The van der Waals surface area contributed by atoms with Gasteiger partial charge in [-0.25, -0.2) is 0 Å². The highest BCUT2D eigenvalue weighted by molar-refractivity contribution is 9.10. The number of hydrogen-bond acceptors (Lipinski definition) is 0. The lowest BCUT2D eigenvalue weighted by atomic mass is 10.2. The molecule has 0 bridgehead atoms. The van der Waals surface area contributed by atoms with Gasteiger partial charge >= 0.3 is 0 Å². The molecule has 1 unspecified atom stereocenters. The van der Waals surface area contributed by atoms with Gasteiger partial charge in [0.2, 0.25) is 0 Å². The van der Waals surface area contributed by atoms with Crippen LogP contribution in [0.4, 0.5) is 0 Å². The Kier molecular flexibility index (Phi) is 3.65. The third kappa shape index (κ3) is 2.67. The first-order valence-electron chi connectivity index (χ1n) is 2.83. The lowest BCUT2D eigenvalue weighted by Gasteiger charge is -2.04. The van der Waals surface area contributed by atoms with Crippen LogP contribution >= 0.6 is 15.9 Å². The molecule has 0 aromatic carbocycles. The van der Waals surface area contributed by atoms with E-state index in [0.29, 0.717) is 4.45 Å². The van der Waals surface area contributed by atoms with E-state index in [4.69, 9.17) is 0 Å². The molecule has 0 radical (unpaired) electrons. The van der Waals surface area contributed by atoms with Crippen molar-refractivity contribution in [2.24, 2.45) is 0 Å². The van der Waals surface area contributed by atoms with Crippen LogP contribution < -0.4 is 0 Å². The minimum atomic E-state index is 0.674. The second kappa shape index (κ2) is 3.46. The summed E-state index contributed by atoms with van der Waals surface area (Å²) in [5, 5.41) is 0. The minimum Gasteiger partial charge on any atom is -0.0889 e. The number of rotatable bonds is 1. The van der Waals surface area contributed by atoms with E-state index in [-0.39, 0.29) is 0 Å². The van der Waals surface area contributed by atoms with Crippen molar-refractivity contribution >= 4 is 26.2 Å². The van der Waals surface area contributed by atoms with Crippen molar-refractivity contribution < 1.29 is 0 Å². The highest BCUT2D eigenvalue weighted by atomic mass is 79.9. The van der Waals surface area contributed by atoms with Gasteiger partial charge in [-0.15, -0.1) is 0 Å². The van der Waals surface area contributed by atoms with Crippen LogP contribution in [0.1, 0.15) is 20.8 Å². The van der Waals surface area contributed by atoms with Gasteiger partial charge in [0.05, 0.1) is 0 Å². The Morgan fingerprint density at radius 1 is 1.38 bits per heavy atom. The van der Waals surface area contributed by atoms with Gasteiger partial charge in [-0.2, -0.15) is 0 Å². The maximum atomic E-state index is 3.54. The summed E-state index contributed by atoms with van der Waals surface area (Å²) >= 11 is 3.54. The summed E-state index contributed by atoms with van der Waals surface area (Å²) < 4.78 is 0.674. The van der Waals surface area contributed by atoms with E-state index in [0.717, 1.165) is 0 Å². The molecule has 8 heavy (non-hydrogen) atoms. The molecular formula is C6H13BrSi. The van der Waals surface area contributed by atoms with Gasteiger partial charge < -0.3 is 0 Å². The van der Waals surface area contributed by atoms with Crippen molar-refractivity contribution in [1.82, 2.24) is 0 Å². The predicted octanol–water partition coefficient (Wildman–Crippen LogP) is 1.43. The molecule has 0 amide bonds. The second-order valence-corrected chi connectivity index (χ2v) is 6.52. The third-order valence-electron chi connectivity index (χ3n) is 1.39. The summed E-state index contributed by atoms with van der Waals surface area (Å²) in [6.45, 7) is 6.49. The fourth-order valence-electron chi connectivity index (χ4n) is 0.398. The highest BCUT2D eigenvalue weighted by Crippen LogP contribution is 2.11. The maximum absolute atomic E-state index is 3.54. The van der Waals surface area contributed by atoms with Gasteiger partial charge in [-0.05, 0) is 20.8 Å². The van der Waals surface area contributed by atoms with E-state index in [1.165, 1.54) is 21.4 Å². The van der Waals surface area contributed by atoms with Crippen LogP contribution in [0, 0.1) is 0 Å². The van der Waals surface area contributed by atoms with Gasteiger partial charge in [0.25, 0.3) is 0 Å². The van der Waals surface area contributed by atoms with Crippen LogP contribution in [0.2, 0.25) is 0 Å². The second-order valence-electron chi connectivity index (χ2n) is 2.30. The lowest BCUT2D eigenvalue weighted by molar-refractivity contribution is 1.21. The molecule has 0 aliphatic carbocycles. The lowest BCUT2D eigenvalue weighted by Crippen LogP contribution is -1.98. The van der Waals surface area contributed by atoms with Gasteiger partial charge in [0, 0.05) is 14.7 Å². The monoisotopic (exact) mass is 192 g/mol. The summed E-state index contributed by atoms with van der Waals surface area (Å²) in [5.74, 6) is 0. The van der Waals surface area contributed by atoms with Crippen molar-refractivity contribution in [3.05, 3.63) is 11.1 Å². The number of hydrogen-bond donors (Lipinski definition) is 0. The van der Waals surface area contributed by atoms with Crippen LogP contribution in [0.5, 0.6) is 0 Å². The van der Waals surface area contributed by atoms with Crippen molar-refractivity contribution in [3.63, 3.8) is 0 Å². The molecule has 48 valence electrons. The number of allylic oxidation sites excluding steroid dienone is 2. The summed E-state index contributed by atoms with van der Waals surface area (Å²) in [5.41, 5.74) is 2.94. The summed E-state index contributed by atoms with van der Waals surface area (Å²) in [7, 11) is 1.21. The molecule has 0 aliphatic heterocycles. The topological polar surface area (TPSA) is 0 Å². The Hall–Kier alpha value is 0.437. The molecule has 1 atom stereocenters. The first-order valence-corrected chi connectivity index (χ1v) is 4.90. The molecule has 0 aromatic rings. The van der Waals surface area contributed by atoms with Crippen molar-refractivity contribution in [2.45, 2.75) is 25.2 Å². The van der Waals surface area contributed by atoms with Crippen LogP contribution in [0.15, 0.2) is 11.1 Å². The molecular weight excluding hydrogens is 180 g/mol. The van der Waals surface area contributed by atoms with Crippen molar-refractivity contribution in [2.75, 3.05) is 0 Å². The Morgan fingerprint density at radius 3 is 1.75 bits per heavy atom. The quantitative estimate of drug-likeness (QED) is 0.336. The maximum Gasteiger partial charge on any atom is 0.0253 e. The van der Waals surface area contributed by atoms with Gasteiger partial charge in [-0.1, -0.05) is 27.1 Å². The average Bonchev–Trinajstić information content (AvgIpc) is 1.64. The largest absolute Gasteiger partial charge is 0.0889 e. The molecule has 0 saturated carbocycles. The molecule has 0 nitrogen and oxygen atoms in total. The first-order chi connectivity index (χ1) is 3.55. The van der Waals surface area contributed by atoms with E-state index in [1.807, 2.05) is 0 Å². The molecule has 0 spiro atoms. The van der Waals surface area contributed by atoms with E-state index < -0.39 is 0 Å². The molecule has 2 heteroatoms. The van der Waals surface area contributed by atoms with E-state index in [1.54, 1.807) is 0 Å². The Balaban J connectivity index is 4.00. The average molecular weight is 193 g/mol.